The lowest BCUT2D eigenvalue weighted by Gasteiger charge is -2.28. The zero-order chi connectivity index (χ0) is 14.8. The van der Waals surface area contributed by atoms with Gasteiger partial charge in [-0.3, -0.25) is 0 Å². The zero-order valence-electron chi connectivity index (χ0n) is 12.2. The zero-order valence-corrected chi connectivity index (χ0v) is 12.2. The van der Waals surface area contributed by atoms with E-state index in [1.165, 1.54) is 5.56 Å². The van der Waals surface area contributed by atoms with Gasteiger partial charge in [0.05, 0.1) is 20.3 Å². The monoisotopic (exact) mass is 285 g/mol. The fourth-order valence-corrected chi connectivity index (χ4v) is 2.87. The molecule has 4 nitrogen and oxygen atoms in total. The van der Waals surface area contributed by atoms with Crippen molar-refractivity contribution in [1.82, 2.24) is 5.32 Å². The van der Waals surface area contributed by atoms with Crippen LogP contribution in [0, 0.1) is 0 Å². The molecule has 0 radical (unpaired) electrons. The minimum absolute atomic E-state index is 0.0155. The predicted octanol–water partition coefficient (Wildman–Crippen LogP) is 2.64. The van der Waals surface area contributed by atoms with E-state index >= 15 is 0 Å². The summed E-state index contributed by atoms with van der Waals surface area (Å²) in [6, 6.07) is 11.4. The molecule has 0 fully saturated rings. The molecule has 110 valence electrons. The predicted molar refractivity (Wildman–Crippen MR) is 81.2 cm³/mol. The molecule has 0 saturated heterocycles. The summed E-state index contributed by atoms with van der Waals surface area (Å²) in [6.07, 6.45) is 0.963. The quantitative estimate of drug-likeness (QED) is 0.910. The van der Waals surface area contributed by atoms with Crippen LogP contribution in [0.2, 0.25) is 0 Å². The van der Waals surface area contributed by atoms with Crippen molar-refractivity contribution in [2.24, 2.45) is 0 Å². The summed E-state index contributed by atoms with van der Waals surface area (Å²) in [5, 5.41) is 13.3. The molecule has 2 aromatic carbocycles. The lowest BCUT2D eigenvalue weighted by molar-refractivity contribution is 0.386. The number of hydrogen-bond donors (Lipinski definition) is 2. The molecular weight excluding hydrogens is 266 g/mol. The van der Waals surface area contributed by atoms with E-state index in [1.54, 1.807) is 20.3 Å². The number of fused-ring (bicyclic) bond motifs is 1. The lowest BCUT2D eigenvalue weighted by Crippen LogP contribution is -2.30. The van der Waals surface area contributed by atoms with Gasteiger partial charge in [0.15, 0.2) is 0 Å². The van der Waals surface area contributed by atoms with Crippen LogP contribution in [0.25, 0.3) is 0 Å². The van der Waals surface area contributed by atoms with Crippen LogP contribution in [0.15, 0.2) is 36.4 Å². The standard InChI is InChI=1S/C17H19NO3/c1-20-13-5-6-14(16(10-13)21-2)17-15-9-12(19)4-3-11(15)7-8-18-17/h3-6,9-10,17-19H,7-8H2,1-2H3. The molecule has 2 aromatic rings. The summed E-state index contributed by atoms with van der Waals surface area (Å²) < 4.78 is 10.8. The molecule has 1 heterocycles. The van der Waals surface area contributed by atoms with Gasteiger partial charge in [0, 0.05) is 18.2 Å². The second kappa shape index (κ2) is 5.66. The minimum atomic E-state index is 0.0155. The molecule has 4 heteroatoms. The molecule has 2 N–H and O–H groups in total. The molecule has 21 heavy (non-hydrogen) atoms. The SMILES string of the molecule is COc1ccc(C2NCCc3ccc(O)cc32)c(OC)c1. The Morgan fingerprint density at radius 1 is 1.05 bits per heavy atom. The highest BCUT2D eigenvalue weighted by atomic mass is 16.5. The Morgan fingerprint density at radius 2 is 1.90 bits per heavy atom. The molecule has 1 atom stereocenters. The third-order valence-corrected chi connectivity index (χ3v) is 3.93. The molecule has 0 aromatic heterocycles. The van der Waals surface area contributed by atoms with Gasteiger partial charge in [-0.15, -0.1) is 0 Å². The highest BCUT2D eigenvalue weighted by Gasteiger charge is 2.24. The molecule has 1 unspecified atom stereocenters. The maximum Gasteiger partial charge on any atom is 0.127 e. The van der Waals surface area contributed by atoms with Gasteiger partial charge in [0.25, 0.3) is 0 Å². The summed E-state index contributed by atoms with van der Waals surface area (Å²) in [5.41, 5.74) is 3.41. The van der Waals surface area contributed by atoms with Gasteiger partial charge in [-0.05, 0) is 41.8 Å². The van der Waals surface area contributed by atoms with Gasteiger partial charge in [-0.25, -0.2) is 0 Å². The Balaban J connectivity index is 2.08. The number of nitrogens with one attached hydrogen (secondary N) is 1. The number of phenols is 1. The third-order valence-electron chi connectivity index (χ3n) is 3.93. The van der Waals surface area contributed by atoms with Crippen molar-refractivity contribution < 1.29 is 14.6 Å². The fraction of sp³-hybridized carbons (Fsp3) is 0.294. The molecule has 0 spiro atoms. The Kier molecular flexibility index (Phi) is 3.71. The fourth-order valence-electron chi connectivity index (χ4n) is 2.87. The summed E-state index contributed by atoms with van der Waals surface area (Å²) >= 11 is 0. The lowest BCUT2D eigenvalue weighted by atomic mass is 9.89. The second-order valence-electron chi connectivity index (χ2n) is 5.13. The summed E-state index contributed by atoms with van der Waals surface area (Å²) in [7, 11) is 3.30. The normalized spacial score (nSPS) is 17.1. The number of benzene rings is 2. The van der Waals surface area contributed by atoms with E-state index in [2.05, 4.69) is 5.32 Å². The first kappa shape index (κ1) is 13.8. The minimum Gasteiger partial charge on any atom is -0.508 e. The van der Waals surface area contributed by atoms with Crippen molar-refractivity contribution in [2.75, 3.05) is 20.8 Å². The van der Waals surface area contributed by atoms with Crippen LogP contribution in [0.4, 0.5) is 0 Å². The highest BCUT2D eigenvalue weighted by molar-refractivity contribution is 5.50. The largest absolute Gasteiger partial charge is 0.508 e. The van der Waals surface area contributed by atoms with Crippen molar-refractivity contribution in [2.45, 2.75) is 12.5 Å². The number of phenolic OH excluding ortho intramolecular Hbond substituents is 1. The molecule has 1 aliphatic rings. The van der Waals surface area contributed by atoms with Gasteiger partial charge < -0.3 is 19.9 Å². The molecule has 1 aliphatic heterocycles. The van der Waals surface area contributed by atoms with Crippen LogP contribution in [-0.4, -0.2) is 25.9 Å². The maximum atomic E-state index is 9.78. The number of ether oxygens (including phenoxy) is 2. The van der Waals surface area contributed by atoms with E-state index < -0.39 is 0 Å². The van der Waals surface area contributed by atoms with Gasteiger partial charge in [0.2, 0.25) is 0 Å². The molecular formula is C17H19NO3. The van der Waals surface area contributed by atoms with E-state index in [0.717, 1.165) is 35.6 Å². The van der Waals surface area contributed by atoms with Gasteiger partial charge in [0.1, 0.15) is 17.2 Å². The van der Waals surface area contributed by atoms with Crippen molar-refractivity contribution in [1.29, 1.82) is 0 Å². The van der Waals surface area contributed by atoms with Gasteiger partial charge >= 0.3 is 0 Å². The Bertz CT molecular complexity index is 654. The summed E-state index contributed by atoms with van der Waals surface area (Å²) in [4.78, 5) is 0. The second-order valence-corrected chi connectivity index (χ2v) is 5.13. The van der Waals surface area contributed by atoms with E-state index in [4.69, 9.17) is 9.47 Å². The van der Waals surface area contributed by atoms with Crippen LogP contribution in [0.3, 0.4) is 0 Å². The van der Waals surface area contributed by atoms with Crippen LogP contribution < -0.4 is 14.8 Å². The number of hydrogen-bond acceptors (Lipinski definition) is 4. The molecule has 0 amide bonds. The number of aromatic hydroxyl groups is 1. The van der Waals surface area contributed by atoms with Crippen LogP contribution in [-0.2, 0) is 6.42 Å². The molecule has 0 bridgehead atoms. The van der Waals surface area contributed by atoms with Crippen molar-refractivity contribution >= 4 is 0 Å². The first-order chi connectivity index (χ1) is 10.2. The Hall–Kier alpha value is -2.20. The van der Waals surface area contributed by atoms with Crippen molar-refractivity contribution in [3.05, 3.63) is 53.1 Å². The molecule has 0 saturated carbocycles. The molecule has 3 rings (SSSR count). The first-order valence-electron chi connectivity index (χ1n) is 7.00. The molecule has 0 aliphatic carbocycles. The van der Waals surface area contributed by atoms with E-state index in [9.17, 15) is 5.11 Å². The third kappa shape index (κ3) is 2.54. The van der Waals surface area contributed by atoms with E-state index in [1.807, 2.05) is 30.3 Å². The summed E-state index contributed by atoms with van der Waals surface area (Å²) in [5.74, 6) is 1.83. The van der Waals surface area contributed by atoms with E-state index in [0.29, 0.717) is 0 Å². The number of rotatable bonds is 3. The van der Waals surface area contributed by atoms with Gasteiger partial charge in [-0.2, -0.15) is 0 Å². The van der Waals surface area contributed by atoms with E-state index in [-0.39, 0.29) is 11.8 Å². The highest BCUT2D eigenvalue weighted by Crippen LogP contribution is 2.37. The maximum absolute atomic E-state index is 9.78. The van der Waals surface area contributed by atoms with Gasteiger partial charge in [-0.1, -0.05) is 6.07 Å². The van der Waals surface area contributed by atoms with Crippen LogP contribution in [0.5, 0.6) is 17.2 Å². The Labute approximate surface area is 124 Å². The number of methoxy groups -OCH3 is 2. The smallest absolute Gasteiger partial charge is 0.127 e. The average Bonchev–Trinajstić information content (AvgIpc) is 2.53. The van der Waals surface area contributed by atoms with Crippen LogP contribution >= 0.6 is 0 Å². The van der Waals surface area contributed by atoms with Crippen molar-refractivity contribution in [3.8, 4) is 17.2 Å². The average molecular weight is 285 g/mol. The van der Waals surface area contributed by atoms with Crippen LogP contribution in [0.1, 0.15) is 22.7 Å². The summed E-state index contributed by atoms with van der Waals surface area (Å²) in [6.45, 7) is 0.900. The van der Waals surface area contributed by atoms with Crippen molar-refractivity contribution in [3.63, 3.8) is 0 Å². The Morgan fingerprint density at radius 3 is 2.67 bits per heavy atom. The topological polar surface area (TPSA) is 50.7 Å². The first-order valence-corrected chi connectivity index (χ1v) is 7.00.